The third kappa shape index (κ3) is 4.53. The van der Waals surface area contributed by atoms with E-state index in [4.69, 9.17) is 0 Å². The van der Waals surface area contributed by atoms with Gasteiger partial charge >= 0.3 is 0 Å². The zero-order valence-corrected chi connectivity index (χ0v) is 18.5. The van der Waals surface area contributed by atoms with Gasteiger partial charge in [0.25, 0.3) is 0 Å². The number of amides is 1. The van der Waals surface area contributed by atoms with Crippen LogP contribution in [0.4, 0.5) is 0 Å². The number of sulfonamides is 1. The first kappa shape index (κ1) is 21.5. The molecule has 0 aliphatic carbocycles. The molecule has 1 fully saturated rings. The molecule has 0 unspecified atom stereocenters. The molecule has 29 heavy (non-hydrogen) atoms. The van der Waals surface area contributed by atoms with Crippen molar-refractivity contribution >= 4 is 15.9 Å². The molecule has 2 aromatic rings. The molecular formula is C21H30N4O3S. The molecule has 0 bridgehead atoms. The molecule has 2 heterocycles. The fraction of sp³-hybridized carbons (Fsp3) is 0.524. The third-order valence-electron chi connectivity index (χ3n) is 5.35. The summed E-state index contributed by atoms with van der Waals surface area (Å²) in [7, 11) is -3.35. The number of nitrogens with one attached hydrogen (secondary N) is 1. The van der Waals surface area contributed by atoms with Gasteiger partial charge in [-0.2, -0.15) is 9.40 Å². The molecule has 1 aromatic heterocycles. The predicted molar refractivity (Wildman–Crippen MR) is 113 cm³/mol. The second kappa shape index (κ2) is 8.28. The Hall–Kier alpha value is -2.19. The number of hydrogen-bond acceptors (Lipinski definition) is 4. The second-order valence-corrected chi connectivity index (χ2v) is 10.2. The highest BCUT2D eigenvalue weighted by molar-refractivity contribution is 7.89. The molecule has 8 heteroatoms. The summed E-state index contributed by atoms with van der Waals surface area (Å²) in [5, 5.41) is 7.49. The number of aromatic nitrogens is 2. The average molecular weight is 419 g/mol. The Morgan fingerprint density at radius 2 is 1.79 bits per heavy atom. The van der Waals surface area contributed by atoms with Crippen molar-refractivity contribution in [2.45, 2.75) is 53.1 Å². The van der Waals surface area contributed by atoms with E-state index in [0.717, 1.165) is 22.6 Å². The molecule has 1 aromatic carbocycles. The Morgan fingerprint density at radius 3 is 2.28 bits per heavy atom. The van der Waals surface area contributed by atoms with E-state index in [1.807, 2.05) is 69.6 Å². The summed E-state index contributed by atoms with van der Waals surface area (Å²) in [4.78, 5) is 12.9. The van der Waals surface area contributed by atoms with Gasteiger partial charge in [-0.25, -0.2) is 13.1 Å². The minimum Gasteiger partial charge on any atom is -0.348 e. The largest absolute Gasteiger partial charge is 0.348 e. The van der Waals surface area contributed by atoms with E-state index >= 15 is 0 Å². The first-order chi connectivity index (χ1) is 13.6. The molecule has 158 valence electrons. The lowest BCUT2D eigenvalue weighted by atomic mass is 10.0. The van der Waals surface area contributed by atoms with Crippen LogP contribution in [0.25, 0.3) is 5.69 Å². The van der Waals surface area contributed by atoms with Gasteiger partial charge in [0.1, 0.15) is 6.04 Å². The van der Waals surface area contributed by atoms with E-state index in [0.29, 0.717) is 13.0 Å². The molecule has 7 nitrogen and oxygen atoms in total. The van der Waals surface area contributed by atoms with Crippen LogP contribution in [0.15, 0.2) is 30.3 Å². The molecule has 1 aliphatic rings. The van der Waals surface area contributed by atoms with E-state index in [9.17, 15) is 13.2 Å². The first-order valence-electron chi connectivity index (χ1n) is 10.0. The van der Waals surface area contributed by atoms with Gasteiger partial charge in [0, 0.05) is 12.2 Å². The summed E-state index contributed by atoms with van der Waals surface area (Å²) in [6, 6.07) is 8.99. The Kier molecular flexibility index (Phi) is 6.14. The maximum absolute atomic E-state index is 12.9. The van der Waals surface area contributed by atoms with Crippen molar-refractivity contribution in [1.29, 1.82) is 0 Å². The van der Waals surface area contributed by atoms with Crippen LogP contribution in [-0.2, 0) is 14.8 Å². The summed E-state index contributed by atoms with van der Waals surface area (Å²) in [5.74, 6) is -0.239. The number of rotatable bonds is 6. The summed E-state index contributed by atoms with van der Waals surface area (Å²) in [6.45, 7) is 10.0. The molecule has 3 rings (SSSR count). The summed E-state index contributed by atoms with van der Waals surface area (Å²) in [5.41, 5.74) is 3.93. The van der Waals surface area contributed by atoms with Crippen LogP contribution in [-0.4, -0.2) is 46.8 Å². The van der Waals surface area contributed by atoms with Crippen LogP contribution in [0.2, 0.25) is 0 Å². The van der Waals surface area contributed by atoms with Gasteiger partial charge in [-0.3, -0.25) is 4.79 Å². The number of aryl methyl sites for hydroxylation is 2. The quantitative estimate of drug-likeness (QED) is 0.782. The molecule has 1 aliphatic heterocycles. The molecular weight excluding hydrogens is 388 g/mol. The maximum Gasteiger partial charge on any atom is 0.239 e. The van der Waals surface area contributed by atoms with Crippen LogP contribution in [0.1, 0.15) is 50.2 Å². The highest BCUT2D eigenvalue weighted by atomic mass is 32.2. The maximum atomic E-state index is 12.9. The Balaban J connectivity index is 1.74. The van der Waals surface area contributed by atoms with Gasteiger partial charge in [-0.1, -0.05) is 26.0 Å². The Labute approximate surface area is 173 Å². The van der Waals surface area contributed by atoms with E-state index in [1.165, 1.54) is 4.31 Å². The smallest absolute Gasteiger partial charge is 0.239 e. The Morgan fingerprint density at radius 1 is 1.14 bits per heavy atom. The molecule has 1 N–H and O–H groups in total. The SMILES string of the molecule is Cc1cc(C)n(-c2ccc([C@@H](C)NC(=O)[C@H](C(C)C)N3CCCS3(=O)=O)cc2)n1. The highest BCUT2D eigenvalue weighted by Crippen LogP contribution is 2.24. The summed E-state index contributed by atoms with van der Waals surface area (Å²) < 4.78 is 27.9. The number of hydrogen-bond donors (Lipinski definition) is 1. The normalized spacial score (nSPS) is 18.7. The average Bonchev–Trinajstić information content (AvgIpc) is 3.15. The van der Waals surface area contributed by atoms with Gasteiger partial charge in [0.2, 0.25) is 15.9 Å². The fourth-order valence-corrected chi connectivity index (χ4v) is 5.73. The van der Waals surface area contributed by atoms with Crippen LogP contribution in [0, 0.1) is 19.8 Å². The molecule has 0 spiro atoms. The minimum absolute atomic E-state index is 0.108. The van der Waals surface area contributed by atoms with Crippen LogP contribution >= 0.6 is 0 Å². The van der Waals surface area contributed by atoms with Crippen LogP contribution < -0.4 is 5.32 Å². The van der Waals surface area contributed by atoms with Gasteiger partial charge < -0.3 is 5.32 Å². The van der Waals surface area contributed by atoms with Crippen molar-refractivity contribution in [3.8, 4) is 5.69 Å². The van der Waals surface area contributed by atoms with Gasteiger partial charge in [-0.15, -0.1) is 0 Å². The zero-order chi connectivity index (χ0) is 21.3. The second-order valence-electron chi connectivity index (χ2n) is 8.13. The summed E-state index contributed by atoms with van der Waals surface area (Å²) >= 11 is 0. The van der Waals surface area contributed by atoms with E-state index < -0.39 is 16.1 Å². The standard InChI is InChI=1S/C21H30N4O3S/c1-14(2)20(24-11-6-12-29(24,27)28)21(26)22-17(5)18-7-9-19(10-8-18)25-16(4)13-15(3)23-25/h7-10,13-14,17,20H,6,11-12H2,1-5H3,(H,22,26)/t17-,20+/m1/s1. The fourth-order valence-electron chi connectivity index (χ4n) is 3.91. The molecule has 1 amide bonds. The Bertz CT molecular complexity index is 980. The van der Waals surface area contributed by atoms with E-state index in [-0.39, 0.29) is 23.6 Å². The van der Waals surface area contributed by atoms with Crippen molar-refractivity contribution in [3.05, 3.63) is 47.3 Å². The number of benzene rings is 1. The van der Waals surface area contributed by atoms with Gasteiger partial charge in [0.05, 0.1) is 23.2 Å². The van der Waals surface area contributed by atoms with E-state index in [2.05, 4.69) is 10.4 Å². The zero-order valence-electron chi connectivity index (χ0n) is 17.7. The number of carbonyl (C=O) groups is 1. The number of nitrogens with zero attached hydrogens (tertiary/aromatic N) is 3. The first-order valence-corrected chi connectivity index (χ1v) is 11.6. The van der Waals surface area contributed by atoms with Crippen molar-refractivity contribution < 1.29 is 13.2 Å². The highest BCUT2D eigenvalue weighted by Gasteiger charge is 2.40. The van der Waals surface area contributed by atoms with Crippen LogP contribution in [0.3, 0.4) is 0 Å². The monoisotopic (exact) mass is 418 g/mol. The summed E-state index contributed by atoms with van der Waals surface area (Å²) in [6.07, 6.45) is 0.572. The molecule has 0 saturated carbocycles. The lowest BCUT2D eigenvalue weighted by molar-refractivity contribution is -0.126. The lowest BCUT2D eigenvalue weighted by Crippen LogP contribution is -2.50. The lowest BCUT2D eigenvalue weighted by Gasteiger charge is -2.29. The van der Waals surface area contributed by atoms with Crippen molar-refractivity contribution in [1.82, 2.24) is 19.4 Å². The van der Waals surface area contributed by atoms with Crippen molar-refractivity contribution in [2.24, 2.45) is 5.92 Å². The van der Waals surface area contributed by atoms with E-state index in [1.54, 1.807) is 0 Å². The van der Waals surface area contributed by atoms with Gasteiger partial charge in [-0.05, 0) is 56.9 Å². The van der Waals surface area contributed by atoms with Crippen molar-refractivity contribution in [3.63, 3.8) is 0 Å². The predicted octanol–water partition coefficient (Wildman–Crippen LogP) is 2.73. The minimum atomic E-state index is -3.35. The number of carbonyl (C=O) groups excluding carboxylic acids is 1. The topological polar surface area (TPSA) is 84.3 Å². The molecule has 2 atom stereocenters. The molecule has 1 saturated heterocycles. The van der Waals surface area contributed by atoms with Crippen LogP contribution in [0.5, 0.6) is 0 Å². The molecule has 0 radical (unpaired) electrons. The van der Waals surface area contributed by atoms with Gasteiger partial charge in [0.15, 0.2) is 0 Å². The van der Waals surface area contributed by atoms with Crippen molar-refractivity contribution in [2.75, 3.05) is 12.3 Å². The third-order valence-corrected chi connectivity index (χ3v) is 7.28.